The number of hydrogen-bond acceptors (Lipinski definition) is 3. The molecule has 0 radical (unpaired) electrons. The van der Waals surface area contributed by atoms with Crippen LogP contribution in [-0.4, -0.2) is 26.1 Å². The van der Waals surface area contributed by atoms with Crippen molar-refractivity contribution < 1.29 is 27.0 Å². The molecule has 0 saturated carbocycles. The molecule has 3 nitrogen and oxygen atoms in total. The first-order valence-electron chi connectivity index (χ1n) is 5.75. The van der Waals surface area contributed by atoms with Crippen molar-refractivity contribution in [3.63, 3.8) is 0 Å². The number of alkyl halides is 3. The maximum absolute atomic E-state index is 13.5. The predicted molar refractivity (Wildman–Crippen MR) is 61.3 cm³/mol. The Hall–Kier alpha value is -1.34. The van der Waals surface area contributed by atoms with Crippen LogP contribution in [0.25, 0.3) is 0 Å². The van der Waals surface area contributed by atoms with Crippen molar-refractivity contribution in [2.24, 2.45) is 0 Å². The second kappa shape index (κ2) is 7.30. The summed E-state index contributed by atoms with van der Waals surface area (Å²) >= 11 is 0. The van der Waals surface area contributed by atoms with Gasteiger partial charge in [0.25, 0.3) is 0 Å². The van der Waals surface area contributed by atoms with Crippen LogP contribution in [0.3, 0.4) is 0 Å². The molecule has 0 aliphatic rings. The van der Waals surface area contributed by atoms with Gasteiger partial charge in [0.05, 0.1) is 6.61 Å². The highest BCUT2D eigenvalue weighted by Crippen LogP contribution is 2.23. The van der Waals surface area contributed by atoms with Crippen LogP contribution >= 0.6 is 0 Å². The van der Waals surface area contributed by atoms with E-state index in [1.54, 1.807) is 6.07 Å². The Kier molecular flexibility index (Phi) is 6.04. The van der Waals surface area contributed by atoms with Gasteiger partial charge in [0.2, 0.25) is 0 Å². The smallest absolute Gasteiger partial charge is 0.488 e. The van der Waals surface area contributed by atoms with Crippen molar-refractivity contribution in [2.45, 2.75) is 19.8 Å². The van der Waals surface area contributed by atoms with Crippen LogP contribution in [0, 0.1) is 5.82 Å². The van der Waals surface area contributed by atoms with Gasteiger partial charge in [-0.3, -0.25) is 4.74 Å². The van der Waals surface area contributed by atoms with Gasteiger partial charge >= 0.3 is 6.36 Å². The molecule has 0 bridgehead atoms. The zero-order chi connectivity index (χ0) is 14.3. The SMILES string of the molecule is CCNCc1cccc(F)c1OCCOC(F)(F)F. The molecule has 0 spiro atoms. The number of hydrogen-bond donors (Lipinski definition) is 1. The number of benzene rings is 1. The van der Waals surface area contributed by atoms with E-state index in [0.29, 0.717) is 18.7 Å². The molecule has 0 saturated heterocycles. The van der Waals surface area contributed by atoms with Crippen molar-refractivity contribution in [3.8, 4) is 5.75 Å². The number of para-hydroxylation sites is 1. The van der Waals surface area contributed by atoms with E-state index in [4.69, 9.17) is 4.74 Å². The molecule has 1 aromatic carbocycles. The largest absolute Gasteiger partial charge is 0.522 e. The molecule has 0 amide bonds. The highest BCUT2D eigenvalue weighted by atomic mass is 19.4. The Labute approximate surface area is 108 Å². The summed E-state index contributed by atoms with van der Waals surface area (Å²) in [6.07, 6.45) is -4.70. The minimum atomic E-state index is -4.70. The molecular formula is C12H15F4NO2. The third kappa shape index (κ3) is 5.89. The van der Waals surface area contributed by atoms with Crippen LogP contribution in [0.5, 0.6) is 5.75 Å². The van der Waals surface area contributed by atoms with Gasteiger partial charge in [-0.05, 0) is 12.6 Å². The molecular weight excluding hydrogens is 266 g/mol. The minimum absolute atomic E-state index is 0.0470. The molecule has 0 aliphatic heterocycles. The lowest BCUT2D eigenvalue weighted by Gasteiger charge is -2.13. The number of halogens is 4. The summed E-state index contributed by atoms with van der Waals surface area (Å²) in [5.41, 5.74) is 0.550. The average Bonchev–Trinajstić information content (AvgIpc) is 2.32. The first-order chi connectivity index (χ1) is 8.94. The van der Waals surface area contributed by atoms with Gasteiger partial charge in [-0.2, -0.15) is 0 Å². The van der Waals surface area contributed by atoms with Crippen LogP contribution in [-0.2, 0) is 11.3 Å². The highest BCUT2D eigenvalue weighted by molar-refractivity contribution is 5.34. The van der Waals surface area contributed by atoms with E-state index < -0.39 is 18.8 Å². The van der Waals surface area contributed by atoms with Crippen molar-refractivity contribution in [1.29, 1.82) is 0 Å². The van der Waals surface area contributed by atoms with Crippen molar-refractivity contribution in [1.82, 2.24) is 5.32 Å². The zero-order valence-corrected chi connectivity index (χ0v) is 10.4. The minimum Gasteiger partial charge on any atom is -0.488 e. The van der Waals surface area contributed by atoms with E-state index >= 15 is 0 Å². The lowest BCUT2D eigenvalue weighted by molar-refractivity contribution is -0.325. The Bertz CT molecular complexity index is 396. The zero-order valence-electron chi connectivity index (χ0n) is 10.4. The summed E-state index contributed by atoms with van der Waals surface area (Å²) in [5, 5.41) is 2.99. The van der Waals surface area contributed by atoms with Crippen LogP contribution in [0.1, 0.15) is 12.5 Å². The van der Waals surface area contributed by atoms with Crippen LogP contribution < -0.4 is 10.1 Å². The second-order valence-corrected chi connectivity index (χ2v) is 3.65. The van der Waals surface area contributed by atoms with E-state index in [9.17, 15) is 17.6 Å². The molecule has 1 rings (SSSR count). The standard InChI is InChI=1S/C12H15F4NO2/c1-2-17-8-9-4-3-5-10(13)11(9)18-6-7-19-12(14,15)16/h3-5,17H,2,6-8H2,1H3. The van der Waals surface area contributed by atoms with Gasteiger partial charge in [0.1, 0.15) is 6.61 Å². The second-order valence-electron chi connectivity index (χ2n) is 3.65. The molecule has 7 heteroatoms. The summed E-state index contributed by atoms with van der Waals surface area (Å²) in [7, 11) is 0. The number of ether oxygens (including phenoxy) is 2. The third-order valence-electron chi connectivity index (χ3n) is 2.21. The van der Waals surface area contributed by atoms with Gasteiger partial charge < -0.3 is 10.1 Å². The third-order valence-corrected chi connectivity index (χ3v) is 2.21. The van der Waals surface area contributed by atoms with E-state index in [2.05, 4.69) is 10.1 Å². The van der Waals surface area contributed by atoms with Gasteiger partial charge in [-0.25, -0.2) is 4.39 Å². The predicted octanol–water partition coefficient (Wildman–Crippen LogP) is 2.85. The lowest BCUT2D eigenvalue weighted by Crippen LogP contribution is -2.19. The van der Waals surface area contributed by atoms with Gasteiger partial charge in [-0.15, -0.1) is 13.2 Å². The van der Waals surface area contributed by atoms with E-state index in [1.165, 1.54) is 12.1 Å². The van der Waals surface area contributed by atoms with Crippen molar-refractivity contribution >= 4 is 0 Å². The highest BCUT2D eigenvalue weighted by Gasteiger charge is 2.28. The summed E-state index contributed by atoms with van der Waals surface area (Å²) in [6, 6.07) is 4.35. The molecule has 0 fully saturated rings. The van der Waals surface area contributed by atoms with E-state index in [-0.39, 0.29) is 12.4 Å². The molecule has 1 N–H and O–H groups in total. The van der Waals surface area contributed by atoms with Gasteiger partial charge in [0.15, 0.2) is 11.6 Å². The number of rotatable bonds is 7. The first kappa shape index (κ1) is 15.7. The van der Waals surface area contributed by atoms with Crippen molar-refractivity contribution in [3.05, 3.63) is 29.6 Å². The lowest BCUT2D eigenvalue weighted by atomic mass is 10.2. The maximum atomic E-state index is 13.5. The van der Waals surface area contributed by atoms with Crippen LogP contribution in [0.4, 0.5) is 17.6 Å². The van der Waals surface area contributed by atoms with Gasteiger partial charge in [0, 0.05) is 12.1 Å². The molecule has 108 valence electrons. The summed E-state index contributed by atoms with van der Waals surface area (Å²) in [6.45, 7) is 1.89. The Morgan fingerprint density at radius 2 is 1.95 bits per heavy atom. The molecule has 19 heavy (non-hydrogen) atoms. The normalized spacial score (nSPS) is 11.6. The van der Waals surface area contributed by atoms with E-state index in [0.717, 1.165) is 0 Å². The Balaban J connectivity index is 2.56. The number of nitrogens with one attached hydrogen (secondary N) is 1. The molecule has 0 aliphatic carbocycles. The van der Waals surface area contributed by atoms with Gasteiger partial charge in [-0.1, -0.05) is 19.1 Å². The molecule has 0 atom stereocenters. The van der Waals surface area contributed by atoms with Crippen LogP contribution in [0.15, 0.2) is 18.2 Å². The molecule has 0 unspecified atom stereocenters. The fourth-order valence-corrected chi connectivity index (χ4v) is 1.42. The summed E-state index contributed by atoms with van der Waals surface area (Å²) in [5.74, 6) is -0.656. The fourth-order valence-electron chi connectivity index (χ4n) is 1.42. The topological polar surface area (TPSA) is 30.5 Å². The summed E-state index contributed by atoms with van der Waals surface area (Å²) in [4.78, 5) is 0. The molecule has 1 aromatic rings. The van der Waals surface area contributed by atoms with E-state index in [1.807, 2.05) is 6.92 Å². The van der Waals surface area contributed by atoms with Crippen molar-refractivity contribution in [2.75, 3.05) is 19.8 Å². The monoisotopic (exact) mass is 281 g/mol. The Morgan fingerprint density at radius 3 is 2.58 bits per heavy atom. The maximum Gasteiger partial charge on any atom is 0.522 e. The van der Waals surface area contributed by atoms with Crippen LogP contribution in [0.2, 0.25) is 0 Å². The quantitative estimate of drug-likeness (QED) is 0.616. The molecule has 0 aromatic heterocycles. The summed E-state index contributed by atoms with van der Waals surface area (Å²) < 4.78 is 57.3. The molecule has 0 heterocycles. The fraction of sp³-hybridized carbons (Fsp3) is 0.500. The Morgan fingerprint density at radius 1 is 1.21 bits per heavy atom. The first-order valence-corrected chi connectivity index (χ1v) is 5.75. The average molecular weight is 281 g/mol.